The first-order chi connectivity index (χ1) is 8.13. The molecule has 0 saturated carbocycles. The van der Waals surface area contributed by atoms with E-state index in [-0.39, 0.29) is 11.9 Å². The fraction of sp³-hybridized carbons (Fsp3) is 0.250. The molecule has 0 aliphatic rings. The fourth-order valence-electron chi connectivity index (χ4n) is 1.92. The van der Waals surface area contributed by atoms with Gasteiger partial charge < -0.3 is 4.57 Å². The minimum atomic E-state index is -0.248. The Labute approximate surface area is 99.2 Å². The maximum absolute atomic E-state index is 13.1. The van der Waals surface area contributed by atoms with Gasteiger partial charge in [0.2, 0.25) is 0 Å². The highest BCUT2D eigenvalue weighted by Gasteiger charge is 2.18. The normalized spacial score (nSPS) is 12.7. The first kappa shape index (κ1) is 11.8. The molecule has 90 valence electrons. The molecule has 0 aliphatic heterocycles. The minimum Gasteiger partial charge on any atom is -0.336 e. The second kappa shape index (κ2) is 4.65. The van der Waals surface area contributed by atoms with Gasteiger partial charge in [0, 0.05) is 19.4 Å². The third-order valence-corrected chi connectivity index (χ3v) is 2.83. The SMILES string of the molecule is Cc1cc(F)ccc1C(NN)c1nccn1C. The fourth-order valence-corrected chi connectivity index (χ4v) is 1.92. The van der Waals surface area contributed by atoms with Crippen molar-refractivity contribution in [1.29, 1.82) is 0 Å². The topological polar surface area (TPSA) is 55.9 Å². The zero-order chi connectivity index (χ0) is 12.4. The maximum atomic E-state index is 13.1. The number of benzene rings is 1. The molecule has 0 saturated heterocycles. The van der Waals surface area contributed by atoms with Gasteiger partial charge in [0.05, 0.1) is 0 Å². The van der Waals surface area contributed by atoms with Crippen molar-refractivity contribution in [1.82, 2.24) is 15.0 Å². The molecule has 0 spiro atoms. The van der Waals surface area contributed by atoms with Crippen molar-refractivity contribution in [2.45, 2.75) is 13.0 Å². The molecular weight excluding hydrogens is 219 g/mol. The molecule has 0 aliphatic carbocycles. The van der Waals surface area contributed by atoms with Crippen LogP contribution in [-0.2, 0) is 7.05 Å². The quantitative estimate of drug-likeness (QED) is 0.624. The molecule has 5 heteroatoms. The number of nitrogens with two attached hydrogens (primary N) is 1. The van der Waals surface area contributed by atoms with Crippen molar-refractivity contribution in [3.63, 3.8) is 0 Å². The van der Waals surface area contributed by atoms with Crippen molar-refractivity contribution in [2.75, 3.05) is 0 Å². The Hall–Kier alpha value is -1.72. The van der Waals surface area contributed by atoms with Crippen LogP contribution in [0.1, 0.15) is 23.0 Å². The van der Waals surface area contributed by atoms with Gasteiger partial charge in [0.15, 0.2) is 0 Å². The largest absolute Gasteiger partial charge is 0.336 e. The zero-order valence-electron chi connectivity index (χ0n) is 9.81. The van der Waals surface area contributed by atoms with E-state index in [9.17, 15) is 4.39 Å². The van der Waals surface area contributed by atoms with Crippen LogP contribution in [-0.4, -0.2) is 9.55 Å². The third kappa shape index (κ3) is 2.20. The van der Waals surface area contributed by atoms with E-state index in [1.807, 2.05) is 24.7 Å². The number of imidazole rings is 1. The van der Waals surface area contributed by atoms with Crippen LogP contribution in [0.5, 0.6) is 0 Å². The highest BCUT2D eigenvalue weighted by Crippen LogP contribution is 2.23. The average molecular weight is 234 g/mol. The summed E-state index contributed by atoms with van der Waals surface area (Å²) in [4.78, 5) is 4.25. The van der Waals surface area contributed by atoms with E-state index in [1.54, 1.807) is 12.3 Å². The smallest absolute Gasteiger partial charge is 0.131 e. The van der Waals surface area contributed by atoms with Crippen molar-refractivity contribution < 1.29 is 4.39 Å². The van der Waals surface area contributed by atoms with Crippen LogP contribution in [0.2, 0.25) is 0 Å². The highest BCUT2D eigenvalue weighted by atomic mass is 19.1. The Balaban J connectivity index is 2.46. The number of nitrogens with one attached hydrogen (secondary N) is 1. The molecule has 3 N–H and O–H groups in total. The Bertz CT molecular complexity index is 521. The third-order valence-electron chi connectivity index (χ3n) is 2.83. The zero-order valence-corrected chi connectivity index (χ0v) is 9.81. The molecule has 1 atom stereocenters. The van der Waals surface area contributed by atoms with Crippen molar-refractivity contribution in [3.8, 4) is 0 Å². The van der Waals surface area contributed by atoms with Crippen LogP contribution < -0.4 is 11.3 Å². The van der Waals surface area contributed by atoms with Crippen LogP contribution in [0, 0.1) is 12.7 Å². The van der Waals surface area contributed by atoms with Gasteiger partial charge in [-0.3, -0.25) is 5.84 Å². The van der Waals surface area contributed by atoms with Crippen molar-refractivity contribution in [3.05, 3.63) is 53.4 Å². The number of rotatable bonds is 3. The molecule has 2 aromatic rings. The Morgan fingerprint density at radius 1 is 1.47 bits per heavy atom. The molecule has 1 unspecified atom stereocenters. The minimum absolute atomic E-state index is 0.240. The van der Waals surface area contributed by atoms with Crippen molar-refractivity contribution in [2.24, 2.45) is 12.9 Å². The molecule has 17 heavy (non-hydrogen) atoms. The summed E-state index contributed by atoms with van der Waals surface area (Å²) in [6, 6.07) is 4.40. The van der Waals surface area contributed by atoms with E-state index in [0.717, 1.165) is 17.0 Å². The second-order valence-electron chi connectivity index (χ2n) is 4.00. The summed E-state index contributed by atoms with van der Waals surface area (Å²) >= 11 is 0. The Kier molecular flexibility index (Phi) is 3.21. The molecule has 4 nitrogen and oxygen atoms in total. The monoisotopic (exact) mass is 234 g/mol. The number of aromatic nitrogens is 2. The summed E-state index contributed by atoms with van der Waals surface area (Å²) in [7, 11) is 1.89. The average Bonchev–Trinajstić information content (AvgIpc) is 2.69. The summed E-state index contributed by atoms with van der Waals surface area (Å²) in [6.07, 6.45) is 3.55. The van der Waals surface area contributed by atoms with E-state index >= 15 is 0 Å². The number of hydrazine groups is 1. The van der Waals surface area contributed by atoms with Gasteiger partial charge in [0.25, 0.3) is 0 Å². The second-order valence-corrected chi connectivity index (χ2v) is 4.00. The molecule has 1 aromatic carbocycles. The van der Waals surface area contributed by atoms with E-state index in [4.69, 9.17) is 5.84 Å². The summed E-state index contributed by atoms with van der Waals surface area (Å²) in [5.74, 6) is 6.12. The predicted molar refractivity (Wildman–Crippen MR) is 63.5 cm³/mol. The van der Waals surface area contributed by atoms with E-state index < -0.39 is 0 Å². The molecule has 1 aromatic heterocycles. The summed E-state index contributed by atoms with van der Waals surface area (Å²) in [6.45, 7) is 1.85. The molecule has 0 bridgehead atoms. The molecule has 0 amide bonds. The molecule has 1 heterocycles. The molecular formula is C12H15FN4. The Morgan fingerprint density at radius 2 is 2.24 bits per heavy atom. The van der Waals surface area contributed by atoms with E-state index in [0.29, 0.717) is 0 Å². The molecule has 0 radical (unpaired) electrons. The maximum Gasteiger partial charge on any atom is 0.131 e. The number of halogens is 1. The first-order valence-corrected chi connectivity index (χ1v) is 5.33. The number of hydrogen-bond acceptors (Lipinski definition) is 3. The van der Waals surface area contributed by atoms with E-state index in [1.165, 1.54) is 12.1 Å². The number of hydrogen-bond donors (Lipinski definition) is 2. The van der Waals surface area contributed by atoms with Crippen LogP contribution in [0.15, 0.2) is 30.6 Å². The van der Waals surface area contributed by atoms with Crippen LogP contribution >= 0.6 is 0 Å². The van der Waals surface area contributed by atoms with Gasteiger partial charge in [-0.05, 0) is 30.2 Å². The van der Waals surface area contributed by atoms with Crippen LogP contribution in [0.3, 0.4) is 0 Å². The van der Waals surface area contributed by atoms with Gasteiger partial charge in [0.1, 0.15) is 17.7 Å². The molecule has 0 fully saturated rings. The first-order valence-electron chi connectivity index (χ1n) is 5.33. The lowest BCUT2D eigenvalue weighted by Gasteiger charge is -2.18. The lowest BCUT2D eigenvalue weighted by atomic mass is 10.0. The summed E-state index contributed by atoms with van der Waals surface area (Å²) in [5.41, 5.74) is 4.48. The lowest BCUT2D eigenvalue weighted by molar-refractivity contribution is 0.573. The molecule has 2 rings (SSSR count). The number of aryl methyl sites for hydroxylation is 2. The highest BCUT2D eigenvalue weighted by molar-refractivity contribution is 5.33. The van der Waals surface area contributed by atoms with Gasteiger partial charge in [-0.1, -0.05) is 6.07 Å². The van der Waals surface area contributed by atoms with E-state index in [2.05, 4.69) is 10.4 Å². The summed E-state index contributed by atoms with van der Waals surface area (Å²) < 4.78 is 14.9. The van der Waals surface area contributed by atoms with Crippen molar-refractivity contribution >= 4 is 0 Å². The van der Waals surface area contributed by atoms with Gasteiger partial charge >= 0.3 is 0 Å². The summed E-state index contributed by atoms with van der Waals surface area (Å²) in [5, 5.41) is 0. The predicted octanol–water partition coefficient (Wildman–Crippen LogP) is 1.42. The Morgan fingerprint density at radius 3 is 2.76 bits per heavy atom. The van der Waals surface area contributed by atoms with Crippen LogP contribution in [0.25, 0.3) is 0 Å². The lowest BCUT2D eigenvalue weighted by Crippen LogP contribution is -2.31. The number of nitrogens with zero attached hydrogens (tertiary/aromatic N) is 2. The standard InChI is InChI=1S/C12H15FN4/c1-8-7-9(13)3-4-10(8)11(16-14)12-15-5-6-17(12)2/h3-7,11,16H,14H2,1-2H3. The van der Waals surface area contributed by atoms with Crippen LogP contribution in [0.4, 0.5) is 4.39 Å². The van der Waals surface area contributed by atoms with Gasteiger partial charge in [-0.25, -0.2) is 14.8 Å². The van der Waals surface area contributed by atoms with Gasteiger partial charge in [-0.15, -0.1) is 0 Å². The van der Waals surface area contributed by atoms with Gasteiger partial charge in [-0.2, -0.15) is 0 Å².